The molecule has 0 spiro atoms. The molecule has 0 aromatic heterocycles. The van der Waals surface area contributed by atoms with Gasteiger partial charge in [-0.15, -0.1) is 0 Å². The zero-order chi connectivity index (χ0) is 47.2. The Hall–Kier alpha value is -4.19. The minimum atomic E-state index is -0.829. The largest absolute Gasteiger partial charge is 0.462 e. The first-order valence-corrected chi connectivity index (χ1v) is 26.1. The van der Waals surface area contributed by atoms with Gasteiger partial charge in [0.1, 0.15) is 13.2 Å². The molecule has 65 heavy (non-hydrogen) atoms. The molecule has 0 heterocycles. The highest BCUT2D eigenvalue weighted by molar-refractivity contribution is 5.71. The van der Waals surface area contributed by atoms with E-state index in [2.05, 4.69) is 93.7 Å². The van der Waals surface area contributed by atoms with E-state index in [1.54, 1.807) is 0 Å². The van der Waals surface area contributed by atoms with Crippen LogP contribution in [-0.2, 0) is 28.6 Å². The van der Waals surface area contributed by atoms with Gasteiger partial charge in [0.2, 0.25) is 0 Å². The number of esters is 3. The predicted molar refractivity (Wildman–Crippen MR) is 279 cm³/mol. The van der Waals surface area contributed by atoms with Gasteiger partial charge in [0.15, 0.2) is 6.10 Å². The van der Waals surface area contributed by atoms with E-state index in [1.807, 2.05) is 48.6 Å². The van der Waals surface area contributed by atoms with Gasteiger partial charge in [0, 0.05) is 19.3 Å². The fraction of sp³-hybridized carbons (Fsp3) is 0.610. The second-order valence-corrected chi connectivity index (χ2v) is 16.8. The molecule has 0 radical (unpaired) electrons. The summed E-state index contributed by atoms with van der Waals surface area (Å²) in [6.07, 6.45) is 71.8. The zero-order valence-corrected chi connectivity index (χ0v) is 41.7. The molecule has 0 aliphatic rings. The Labute approximate surface area is 399 Å². The molecule has 1 unspecified atom stereocenters. The van der Waals surface area contributed by atoms with Crippen LogP contribution in [0.25, 0.3) is 0 Å². The number of hydrogen-bond acceptors (Lipinski definition) is 6. The maximum atomic E-state index is 12.8. The van der Waals surface area contributed by atoms with Crippen molar-refractivity contribution in [3.05, 3.63) is 122 Å². The lowest BCUT2D eigenvalue weighted by molar-refractivity contribution is -0.167. The number of unbranched alkanes of at least 4 members (excludes halogenated alkanes) is 19. The first kappa shape index (κ1) is 60.8. The Kier molecular flexibility index (Phi) is 49.1. The molecule has 0 aliphatic carbocycles. The van der Waals surface area contributed by atoms with Gasteiger partial charge in [0.05, 0.1) is 0 Å². The van der Waals surface area contributed by atoms with Gasteiger partial charge < -0.3 is 14.2 Å². The summed E-state index contributed by atoms with van der Waals surface area (Å²) in [5.41, 5.74) is 0. The molecule has 0 aromatic rings. The summed E-state index contributed by atoms with van der Waals surface area (Å²) in [6, 6.07) is 0. The average Bonchev–Trinajstić information content (AvgIpc) is 3.30. The fourth-order valence-corrected chi connectivity index (χ4v) is 6.64. The summed E-state index contributed by atoms with van der Waals surface area (Å²) < 4.78 is 16.7. The highest BCUT2D eigenvalue weighted by atomic mass is 16.6. The summed E-state index contributed by atoms with van der Waals surface area (Å²) in [5, 5.41) is 0. The van der Waals surface area contributed by atoms with E-state index in [0.717, 1.165) is 77.0 Å². The van der Waals surface area contributed by atoms with Crippen LogP contribution in [0.2, 0.25) is 0 Å². The van der Waals surface area contributed by atoms with Gasteiger partial charge in [0.25, 0.3) is 0 Å². The zero-order valence-electron chi connectivity index (χ0n) is 41.7. The monoisotopic (exact) mass is 899 g/mol. The molecule has 0 saturated carbocycles. The minimum absolute atomic E-state index is 0.121. The quantitative estimate of drug-likeness (QED) is 0.0199. The van der Waals surface area contributed by atoms with Crippen molar-refractivity contribution in [2.45, 2.75) is 219 Å². The second-order valence-electron chi connectivity index (χ2n) is 16.8. The molecule has 1 atom stereocenters. The first-order chi connectivity index (χ1) is 32.0. The number of allylic oxidation sites excluding steroid dienone is 20. The highest BCUT2D eigenvalue weighted by Crippen LogP contribution is 2.12. The van der Waals surface area contributed by atoms with E-state index >= 15 is 0 Å². The van der Waals surface area contributed by atoms with Crippen LogP contribution in [0, 0.1) is 0 Å². The van der Waals surface area contributed by atoms with Gasteiger partial charge in [-0.05, 0) is 96.3 Å². The number of carbonyl (C=O) groups is 3. The van der Waals surface area contributed by atoms with Crippen LogP contribution in [0.1, 0.15) is 213 Å². The molecule has 0 N–H and O–H groups in total. The topological polar surface area (TPSA) is 78.9 Å². The van der Waals surface area contributed by atoms with Crippen molar-refractivity contribution in [1.29, 1.82) is 0 Å². The number of ether oxygens (including phenoxy) is 3. The molecule has 6 heteroatoms. The van der Waals surface area contributed by atoms with Gasteiger partial charge in [-0.3, -0.25) is 14.4 Å². The Morgan fingerprint density at radius 1 is 0.338 bits per heavy atom. The summed E-state index contributed by atoms with van der Waals surface area (Å²) in [4.78, 5) is 38.0. The summed E-state index contributed by atoms with van der Waals surface area (Å²) in [6.45, 7) is 6.35. The Balaban J connectivity index is 4.58. The molecule has 0 amide bonds. The second kappa shape index (κ2) is 52.4. The average molecular weight is 899 g/mol. The van der Waals surface area contributed by atoms with Crippen LogP contribution < -0.4 is 0 Å². The van der Waals surface area contributed by atoms with Crippen LogP contribution in [0.15, 0.2) is 122 Å². The Morgan fingerprint density at radius 2 is 0.677 bits per heavy atom. The van der Waals surface area contributed by atoms with Crippen LogP contribution >= 0.6 is 0 Å². The van der Waals surface area contributed by atoms with E-state index in [0.29, 0.717) is 19.3 Å². The van der Waals surface area contributed by atoms with Crippen LogP contribution in [0.3, 0.4) is 0 Å². The third-order valence-electron chi connectivity index (χ3n) is 10.6. The van der Waals surface area contributed by atoms with Gasteiger partial charge in [-0.25, -0.2) is 0 Å². The van der Waals surface area contributed by atoms with Crippen molar-refractivity contribution in [2.24, 2.45) is 0 Å². The molecule has 0 aliphatic heterocycles. The maximum Gasteiger partial charge on any atom is 0.306 e. The summed E-state index contributed by atoms with van der Waals surface area (Å²) >= 11 is 0. The molecule has 0 rings (SSSR count). The first-order valence-electron chi connectivity index (χ1n) is 26.1. The molecular formula is C59H94O6. The van der Waals surface area contributed by atoms with Crippen molar-refractivity contribution in [2.75, 3.05) is 13.2 Å². The molecule has 0 bridgehead atoms. The van der Waals surface area contributed by atoms with Crippen molar-refractivity contribution in [3.8, 4) is 0 Å². The smallest absolute Gasteiger partial charge is 0.306 e. The van der Waals surface area contributed by atoms with Crippen LogP contribution in [0.5, 0.6) is 0 Å². The van der Waals surface area contributed by atoms with Crippen LogP contribution in [0.4, 0.5) is 0 Å². The van der Waals surface area contributed by atoms with Crippen molar-refractivity contribution in [1.82, 2.24) is 0 Å². The number of carbonyl (C=O) groups excluding carboxylic acids is 3. The molecule has 0 fully saturated rings. The van der Waals surface area contributed by atoms with Gasteiger partial charge in [-0.2, -0.15) is 0 Å². The molecule has 366 valence electrons. The maximum absolute atomic E-state index is 12.8. The van der Waals surface area contributed by atoms with Gasteiger partial charge in [-0.1, -0.05) is 219 Å². The standard InChI is InChI=1S/C59H94O6/c1-4-7-10-13-16-19-22-25-28-29-32-34-37-40-43-46-49-52-58(61)64-55-56(65-59(62)53-50-47-44-41-38-35-31-27-24-21-18-15-12-9-6-3)54-63-57(60)51-48-45-42-39-36-33-30-26-23-20-17-14-11-8-5-2/h9,12,15,17-18,20-21,23-28,31-32,34-35,38,40,43,56H,4-8,10-11,13-14,16,19,22,29-30,33,36-37,39,41-42,44-55H2,1-3H3/b12-9-,18-15-,20-17-,24-21-,26-23-,28-25-,31-27-,34-32-,38-35-,43-40-. The summed E-state index contributed by atoms with van der Waals surface area (Å²) in [7, 11) is 0. The minimum Gasteiger partial charge on any atom is -0.462 e. The molecular weight excluding hydrogens is 805 g/mol. The fourth-order valence-electron chi connectivity index (χ4n) is 6.64. The van der Waals surface area contributed by atoms with E-state index in [9.17, 15) is 14.4 Å². The molecule has 0 saturated heterocycles. The SMILES string of the molecule is CC\C=C/C=C\C=C/C=C\C=C/CCCCCC(=O)OC(COC(=O)CCC/C=C\C/C=C\C/C=C\CCCCCCCC)COC(=O)CCCCCCCC/C=C\C=C/CCCCC. The van der Waals surface area contributed by atoms with E-state index in [-0.39, 0.29) is 44.0 Å². The third-order valence-corrected chi connectivity index (χ3v) is 10.6. The lowest BCUT2D eigenvalue weighted by atomic mass is 10.1. The van der Waals surface area contributed by atoms with E-state index in [1.165, 1.54) is 83.5 Å². The van der Waals surface area contributed by atoms with Crippen molar-refractivity contribution in [3.63, 3.8) is 0 Å². The highest BCUT2D eigenvalue weighted by Gasteiger charge is 2.19. The number of rotatable bonds is 45. The van der Waals surface area contributed by atoms with Crippen molar-refractivity contribution >= 4 is 17.9 Å². The van der Waals surface area contributed by atoms with Crippen molar-refractivity contribution < 1.29 is 28.6 Å². The Bertz CT molecular complexity index is 1400. The third kappa shape index (κ3) is 50.7. The van der Waals surface area contributed by atoms with E-state index in [4.69, 9.17) is 14.2 Å². The van der Waals surface area contributed by atoms with E-state index < -0.39 is 6.10 Å². The normalized spacial score (nSPS) is 13.1. The predicted octanol–water partition coefficient (Wildman–Crippen LogP) is 17.3. The lowest BCUT2D eigenvalue weighted by Gasteiger charge is -2.18. The van der Waals surface area contributed by atoms with Gasteiger partial charge >= 0.3 is 17.9 Å². The lowest BCUT2D eigenvalue weighted by Crippen LogP contribution is -2.30. The summed E-state index contributed by atoms with van der Waals surface area (Å²) in [5.74, 6) is -1.04. The Morgan fingerprint density at radius 3 is 1.20 bits per heavy atom. The van der Waals surface area contributed by atoms with Crippen LogP contribution in [-0.4, -0.2) is 37.2 Å². The molecule has 0 aromatic carbocycles. The molecule has 6 nitrogen and oxygen atoms in total. The number of hydrogen-bond donors (Lipinski definition) is 0.